The van der Waals surface area contributed by atoms with Crippen LogP contribution in [0.5, 0.6) is 5.75 Å². The van der Waals surface area contributed by atoms with E-state index in [-0.39, 0.29) is 0 Å². The Morgan fingerprint density at radius 2 is 2.07 bits per heavy atom. The van der Waals surface area contributed by atoms with E-state index in [0.29, 0.717) is 24.3 Å². The van der Waals surface area contributed by atoms with Crippen LogP contribution in [0.15, 0.2) is 53.3 Å². The number of hydrogen-bond donors (Lipinski definition) is 1. The molecule has 0 radical (unpaired) electrons. The molecule has 2 aromatic heterocycles. The van der Waals surface area contributed by atoms with Crippen LogP contribution in [0.2, 0.25) is 0 Å². The highest BCUT2D eigenvalue weighted by Crippen LogP contribution is 2.53. The van der Waals surface area contributed by atoms with Gasteiger partial charge in [0.25, 0.3) is 0 Å². The summed E-state index contributed by atoms with van der Waals surface area (Å²) in [5.41, 5.74) is 1.95. The molecule has 0 bridgehead atoms. The average Bonchev–Trinajstić information content (AvgIpc) is 3.42. The normalized spacial score (nSPS) is 22.1. The molecule has 1 aliphatic carbocycles. The van der Waals surface area contributed by atoms with Crippen LogP contribution < -0.4 is 10.1 Å². The van der Waals surface area contributed by atoms with Crippen LogP contribution in [0.4, 0.5) is 0 Å². The van der Waals surface area contributed by atoms with E-state index in [1.807, 2.05) is 42.6 Å². The highest BCUT2D eigenvalue weighted by atomic mass is 16.5. The third-order valence-corrected chi connectivity index (χ3v) is 5.81. The maximum Gasteiger partial charge on any atom is 0.230 e. The zero-order valence-corrected chi connectivity index (χ0v) is 15.8. The summed E-state index contributed by atoms with van der Waals surface area (Å²) in [5, 5.41) is 7.66. The summed E-state index contributed by atoms with van der Waals surface area (Å²) < 4.78 is 11.5. The van der Waals surface area contributed by atoms with Gasteiger partial charge in [-0.3, -0.25) is 4.98 Å². The highest BCUT2D eigenvalue weighted by molar-refractivity contribution is 5.57. The first-order chi connectivity index (χ1) is 13.9. The summed E-state index contributed by atoms with van der Waals surface area (Å²) in [6.45, 7) is 2.75. The van der Waals surface area contributed by atoms with Crippen LogP contribution in [0.1, 0.15) is 36.6 Å². The third-order valence-electron chi connectivity index (χ3n) is 5.81. The molecule has 1 aliphatic heterocycles. The minimum atomic E-state index is 0.439. The van der Waals surface area contributed by atoms with Gasteiger partial charge >= 0.3 is 0 Å². The Morgan fingerprint density at radius 1 is 1.14 bits per heavy atom. The lowest BCUT2D eigenvalue weighted by molar-refractivity contribution is 0.306. The molecule has 2 fully saturated rings. The fraction of sp³-hybridized carbons (Fsp3) is 0.409. The number of hydrogen-bond acceptors (Lipinski definition) is 6. The molecule has 1 saturated heterocycles. The van der Waals surface area contributed by atoms with Gasteiger partial charge in [-0.05, 0) is 62.4 Å². The Bertz CT molecular complexity index is 921. The molecular formula is C22H24N4O2. The molecule has 1 saturated carbocycles. The molecule has 28 heavy (non-hydrogen) atoms. The van der Waals surface area contributed by atoms with Crippen molar-refractivity contribution in [3.05, 3.63) is 60.2 Å². The molecule has 2 atom stereocenters. The minimum absolute atomic E-state index is 0.439. The topological polar surface area (TPSA) is 73.1 Å². The fourth-order valence-corrected chi connectivity index (χ4v) is 4.17. The smallest absolute Gasteiger partial charge is 0.230 e. The lowest BCUT2D eigenvalue weighted by Gasteiger charge is -2.22. The standard InChI is InChI=1S/C22H24N4O2/c1-4-17(11-18(5-1)27-14-15-3-2-8-24-13-15)21-25-22(28-26-21)20-12-19(20)16-6-9-23-10-7-16/h1-5,8,11,13,16,19-20,23H,6-7,9-10,12,14H2/t19-,20+/m0/s1. The third kappa shape index (κ3) is 3.78. The van der Waals surface area contributed by atoms with E-state index in [1.165, 1.54) is 19.3 Å². The first-order valence-corrected chi connectivity index (χ1v) is 10.0. The monoisotopic (exact) mass is 376 g/mol. The van der Waals surface area contributed by atoms with Gasteiger partial charge in [0, 0.05) is 29.4 Å². The van der Waals surface area contributed by atoms with E-state index in [0.717, 1.165) is 41.8 Å². The first kappa shape index (κ1) is 17.4. The largest absolute Gasteiger partial charge is 0.489 e. The summed E-state index contributed by atoms with van der Waals surface area (Å²) in [4.78, 5) is 8.80. The lowest BCUT2D eigenvalue weighted by Crippen LogP contribution is -2.28. The Labute approximate surface area is 164 Å². The second-order valence-electron chi connectivity index (χ2n) is 7.73. The van der Waals surface area contributed by atoms with E-state index in [9.17, 15) is 0 Å². The zero-order chi connectivity index (χ0) is 18.8. The Morgan fingerprint density at radius 3 is 2.93 bits per heavy atom. The summed E-state index contributed by atoms with van der Waals surface area (Å²) in [7, 11) is 0. The Kier molecular flexibility index (Phi) is 4.79. The summed E-state index contributed by atoms with van der Waals surface area (Å²) in [6, 6.07) is 11.8. The maximum atomic E-state index is 5.89. The van der Waals surface area contributed by atoms with Crippen molar-refractivity contribution in [3.63, 3.8) is 0 Å². The van der Waals surface area contributed by atoms with Gasteiger partial charge in [-0.25, -0.2) is 0 Å². The van der Waals surface area contributed by atoms with Crippen molar-refractivity contribution in [1.82, 2.24) is 20.4 Å². The number of nitrogens with zero attached hydrogens (tertiary/aromatic N) is 3. The number of rotatable bonds is 6. The van der Waals surface area contributed by atoms with E-state index in [1.54, 1.807) is 6.20 Å². The molecule has 6 heteroatoms. The van der Waals surface area contributed by atoms with Crippen LogP contribution in [-0.2, 0) is 6.61 Å². The fourth-order valence-electron chi connectivity index (χ4n) is 4.17. The van der Waals surface area contributed by atoms with Crippen molar-refractivity contribution in [3.8, 4) is 17.1 Å². The summed E-state index contributed by atoms with van der Waals surface area (Å²) in [6.07, 6.45) is 7.27. The van der Waals surface area contributed by atoms with Crippen molar-refractivity contribution in [2.45, 2.75) is 31.8 Å². The van der Waals surface area contributed by atoms with Gasteiger partial charge in [0.15, 0.2) is 0 Å². The molecule has 3 heterocycles. The van der Waals surface area contributed by atoms with Crippen LogP contribution in [0, 0.1) is 11.8 Å². The van der Waals surface area contributed by atoms with Gasteiger partial charge in [0.1, 0.15) is 12.4 Å². The number of piperidine rings is 1. The molecule has 144 valence electrons. The quantitative estimate of drug-likeness (QED) is 0.705. The van der Waals surface area contributed by atoms with Crippen molar-refractivity contribution in [2.75, 3.05) is 13.1 Å². The molecule has 0 spiro atoms. The number of benzene rings is 1. The zero-order valence-electron chi connectivity index (χ0n) is 15.8. The van der Waals surface area contributed by atoms with Crippen LogP contribution in [0.25, 0.3) is 11.4 Å². The molecule has 1 aromatic carbocycles. The Balaban J connectivity index is 1.24. The van der Waals surface area contributed by atoms with Gasteiger partial charge in [-0.15, -0.1) is 0 Å². The predicted octanol–water partition coefficient (Wildman–Crippen LogP) is 3.81. The molecular weight excluding hydrogens is 352 g/mol. The second-order valence-corrected chi connectivity index (χ2v) is 7.73. The molecule has 0 unspecified atom stereocenters. The Hall–Kier alpha value is -2.73. The minimum Gasteiger partial charge on any atom is -0.489 e. The van der Waals surface area contributed by atoms with Gasteiger partial charge in [-0.1, -0.05) is 23.4 Å². The maximum absolute atomic E-state index is 5.89. The molecule has 1 N–H and O–H groups in total. The predicted molar refractivity (Wildman–Crippen MR) is 105 cm³/mol. The molecule has 0 amide bonds. The number of pyridine rings is 1. The molecule has 2 aliphatic rings. The van der Waals surface area contributed by atoms with Crippen LogP contribution in [-0.4, -0.2) is 28.2 Å². The number of aromatic nitrogens is 3. The van der Waals surface area contributed by atoms with Gasteiger partial charge in [-0.2, -0.15) is 4.98 Å². The van der Waals surface area contributed by atoms with Crippen LogP contribution in [0.3, 0.4) is 0 Å². The van der Waals surface area contributed by atoms with Crippen LogP contribution >= 0.6 is 0 Å². The average molecular weight is 376 g/mol. The van der Waals surface area contributed by atoms with E-state index < -0.39 is 0 Å². The SMILES string of the molecule is c1cncc(COc2cccc(-c3noc([C@@H]4C[C@H]4C4CCNCC4)n3)c2)c1. The lowest BCUT2D eigenvalue weighted by atomic mass is 9.92. The summed E-state index contributed by atoms with van der Waals surface area (Å²) in [5.74, 6) is 4.16. The number of ether oxygens (including phenoxy) is 1. The summed E-state index contributed by atoms with van der Waals surface area (Å²) >= 11 is 0. The van der Waals surface area contributed by atoms with Gasteiger partial charge in [0.05, 0.1) is 0 Å². The highest BCUT2D eigenvalue weighted by Gasteiger charge is 2.47. The second kappa shape index (κ2) is 7.72. The first-order valence-electron chi connectivity index (χ1n) is 10.0. The van der Waals surface area contributed by atoms with Gasteiger partial charge < -0.3 is 14.6 Å². The van der Waals surface area contributed by atoms with E-state index in [2.05, 4.69) is 20.4 Å². The molecule has 3 aromatic rings. The van der Waals surface area contributed by atoms with Crippen molar-refractivity contribution >= 4 is 0 Å². The van der Waals surface area contributed by atoms with Gasteiger partial charge in [0.2, 0.25) is 11.7 Å². The van der Waals surface area contributed by atoms with Crippen molar-refractivity contribution in [2.24, 2.45) is 11.8 Å². The van der Waals surface area contributed by atoms with E-state index >= 15 is 0 Å². The van der Waals surface area contributed by atoms with Crippen molar-refractivity contribution < 1.29 is 9.26 Å². The molecule has 6 nitrogen and oxygen atoms in total. The number of nitrogens with one attached hydrogen (secondary N) is 1. The molecule has 5 rings (SSSR count). The van der Waals surface area contributed by atoms with E-state index in [4.69, 9.17) is 9.26 Å². The van der Waals surface area contributed by atoms with Crippen molar-refractivity contribution in [1.29, 1.82) is 0 Å².